The van der Waals surface area contributed by atoms with Gasteiger partial charge in [-0.25, -0.2) is 4.39 Å². The van der Waals surface area contributed by atoms with Crippen LogP contribution in [0.15, 0.2) is 48.5 Å². The van der Waals surface area contributed by atoms with Crippen LogP contribution in [0.2, 0.25) is 0 Å². The Bertz CT molecular complexity index is 727. The van der Waals surface area contributed by atoms with Crippen LogP contribution >= 0.6 is 0 Å². The minimum absolute atomic E-state index is 0.00753. The van der Waals surface area contributed by atoms with Gasteiger partial charge in [-0.3, -0.25) is 4.79 Å². The van der Waals surface area contributed by atoms with Gasteiger partial charge in [0.05, 0.1) is 17.8 Å². The van der Waals surface area contributed by atoms with Crippen LogP contribution in [0.5, 0.6) is 0 Å². The van der Waals surface area contributed by atoms with Crippen molar-refractivity contribution in [3.8, 4) is 0 Å². The first kappa shape index (κ1) is 17.4. The molecule has 25 heavy (non-hydrogen) atoms. The Morgan fingerprint density at radius 1 is 1.12 bits per heavy atom. The maximum absolute atomic E-state index is 13.7. The van der Waals surface area contributed by atoms with Crippen LogP contribution in [-0.2, 0) is 11.2 Å². The van der Waals surface area contributed by atoms with Crippen molar-refractivity contribution in [2.75, 3.05) is 29.9 Å². The molecule has 1 aliphatic heterocycles. The van der Waals surface area contributed by atoms with Gasteiger partial charge in [-0.1, -0.05) is 30.3 Å². The lowest BCUT2D eigenvalue weighted by Gasteiger charge is -2.34. The van der Waals surface area contributed by atoms with E-state index in [2.05, 4.69) is 10.2 Å². The molecule has 2 N–H and O–H groups in total. The van der Waals surface area contributed by atoms with Gasteiger partial charge < -0.3 is 15.3 Å². The van der Waals surface area contributed by atoms with Gasteiger partial charge in [0.15, 0.2) is 0 Å². The largest absolute Gasteiger partial charge is 0.396 e. The maximum Gasteiger partial charge on any atom is 0.228 e. The standard InChI is InChI=1S/C20H23FN2O2/c21-17-6-2-1-5-16(17)13-20(25)22-18-7-3-4-8-19(18)23-11-9-15(14-24)10-12-23/h1-8,15,24H,9-14H2,(H,22,25). The molecule has 4 nitrogen and oxygen atoms in total. The van der Waals surface area contributed by atoms with Crippen molar-refractivity contribution in [1.29, 1.82) is 0 Å². The van der Waals surface area contributed by atoms with Gasteiger partial charge in [0.1, 0.15) is 5.82 Å². The second-order valence-corrected chi connectivity index (χ2v) is 6.45. The lowest BCUT2D eigenvalue weighted by molar-refractivity contribution is -0.115. The average molecular weight is 342 g/mol. The molecule has 1 saturated heterocycles. The number of aliphatic hydroxyl groups excluding tert-OH is 1. The van der Waals surface area contributed by atoms with E-state index in [0.717, 1.165) is 37.3 Å². The Labute approximate surface area is 147 Å². The first-order chi connectivity index (χ1) is 12.2. The highest BCUT2D eigenvalue weighted by Crippen LogP contribution is 2.29. The fourth-order valence-electron chi connectivity index (χ4n) is 3.22. The zero-order chi connectivity index (χ0) is 17.6. The van der Waals surface area contributed by atoms with Crippen LogP contribution in [0, 0.1) is 11.7 Å². The third kappa shape index (κ3) is 4.37. The van der Waals surface area contributed by atoms with Crippen molar-refractivity contribution in [3.63, 3.8) is 0 Å². The Kier molecular flexibility index (Phi) is 5.66. The van der Waals surface area contributed by atoms with Gasteiger partial charge >= 0.3 is 0 Å². The predicted octanol–water partition coefficient (Wildman–Crippen LogP) is 3.22. The SMILES string of the molecule is O=C(Cc1ccccc1F)Nc1ccccc1N1CCC(CO)CC1. The molecule has 1 aliphatic rings. The molecular weight excluding hydrogens is 319 g/mol. The van der Waals surface area contributed by atoms with Gasteiger partial charge in [-0.15, -0.1) is 0 Å². The monoisotopic (exact) mass is 342 g/mol. The summed E-state index contributed by atoms with van der Waals surface area (Å²) in [5, 5.41) is 12.2. The number of nitrogens with zero attached hydrogens (tertiary/aromatic N) is 1. The highest BCUT2D eigenvalue weighted by atomic mass is 19.1. The van der Waals surface area contributed by atoms with E-state index >= 15 is 0 Å². The molecule has 5 heteroatoms. The number of rotatable bonds is 5. The Morgan fingerprint density at radius 2 is 1.80 bits per heavy atom. The molecule has 0 bridgehead atoms. The highest BCUT2D eigenvalue weighted by Gasteiger charge is 2.21. The molecule has 132 valence electrons. The molecule has 0 radical (unpaired) electrons. The van der Waals surface area contributed by atoms with E-state index in [9.17, 15) is 14.3 Å². The number of carbonyl (C=O) groups is 1. The van der Waals surface area contributed by atoms with Gasteiger partial charge in [0.2, 0.25) is 5.91 Å². The van der Waals surface area contributed by atoms with Crippen molar-refractivity contribution in [2.45, 2.75) is 19.3 Å². The molecule has 0 saturated carbocycles. The number of benzene rings is 2. The van der Waals surface area contributed by atoms with Gasteiger partial charge in [0.25, 0.3) is 0 Å². The Morgan fingerprint density at radius 3 is 2.52 bits per heavy atom. The number of halogens is 1. The summed E-state index contributed by atoms with van der Waals surface area (Å²) in [6.07, 6.45) is 1.88. The summed E-state index contributed by atoms with van der Waals surface area (Å²) in [6, 6.07) is 14.0. The van der Waals surface area contributed by atoms with Crippen LogP contribution in [0.4, 0.5) is 15.8 Å². The molecule has 3 rings (SSSR count). The van der Waals surface area contributed by atoms with Crippen molar-refractivity contribution in [2.24, 2.45) is 5.92 Å². The van der Waals surface area contributed by atoms with Crippen LogP contribution in [0.1, 0.15) is 18.4 Å². The average Bonchev–Trinajstić information content (AvgIpc) is 2.64. The topological polar surface area (TPSA) is 52.6 Å². The quantitative estimate of drug-likeness (QED) is 0.877. The van der Waals surface area contributed by atoms with Gasteiger partial charge in [-0.05, 0) is 42.5 Å². The van der Waals surface area contributed by atoms with Crippen LogP contribution < -0.4 is 10.2 Å². The smallest absolute Gasteiger partial charge is 0.228 e. The number of carbonyl (C=O) groups excluding carboxylic acids is 1. The molecule has 2 aromatic carbocycles. The normalized spacial score (nSPS) is 15.2. The summed E-state index contributed by atoms with van der Waals surface area (Å²) < 4.78 is 13.7. The van der Waals surface area contributed by atoms with E-state index in [-0.39, 0.29) is 24.8 Å². The number of aliphatic hydroxyl groups is 1. The molecule has 0 spiro atoms. The molecule has 0 aromatic heterocycles. The summed E-state index contributed by atoms with van der Waals surface area (Å²) in [7, 11) is 0. The number of para-hydroxylation sites is 2. The number of piperidine rings is 1. The van der Waals surface area contributed by atoms with E-state index in [1.54, 1.807) is 18.2 Å². The fraction of sp³-hybridized carbons (Fsp3) is 0.350. The summed E-state index contributed by atoms with van der Waals surface area (Å²) in [5.41, 5.74) is 2.10. The first-order valence-electron chi connectivity index (χ1n) is 8.65. The molecule has 1 amide bonds. The van der Waals surface area contributed by atoms with Crippen molar-refractivity contribution < 1.29 is 14.3 Å². The zero-order valence-corrected chi connectivity index (χ0v) is 14.1. The molecular formula is C20H23FN2O2. The van der Waals surface area contributed by atoms with E-state index in [1.807, 2.05) is 24.3 Å². The molecule has 0 atom stereocenters. The van der Waals surface area contributed by atoms with Crippen molar-refractivity contribution in [1.82, 2.24) is 0 Å². The van der Waals surface area contributed by atoms with Crippen molar-refractivity contribution in [3.05, 3.63) is 59.9 Å². The number of amides is 1. The van der Waals surface area contributed by atoms with E-state index in [1.165, 1.54) is 6.07 Å². The lowest BCUT2D eigenvalue weighted by Crippen LogP contribution is -2.35. The number of anilines is 2. The number of hydrogen-bond acceptors (Lipinski definition) is 3. The summed E-state index contributed by atoms with van der Waals surface area (Å²) in [6.45, 7) is 1.94. The van der Waals surface area contributed by atoms with E-state index < -0.39 is 0 Å². The summed E-state index contributed by atoms with van der Waals surface area (Å²) in [5.74, 6) is -0.237. The van der Waals surface area contributed by atoms with Crippen LogP contribution in [0.25, 0.3) is 0 Å². The van der Waals surface area contributed by atoms with Crippen LogP contribution in [-0.4, -0.2) is 30.7 Å². The maximum atomic E-state index is 13.7. The highest BCUT2D eigenvalue weighted by molar-refractivity contribution is 5.95. The Hall–Kier alpha value is -2.40. The number of hydrogen-bond donors (Lipinski definition) is 2. The summed E-state index contributed by atoms with van der Waals surface area (Å²) >= 11 is 0. The van der Waals surface area contributed by atoms with E-state index in [4.69, 9.17) is 0 Å². The van der Waals surface area contributed by atoms with E-state index in [0.29, 0.717) is 11.5 Å². The molecule has 0 unspecified atom stereocenters. The Balaban J connectivity index is 1.69. The first-order valence-corrected chi connectivity index (χ1v) is 8.65. The second kappa shape index (κ2) is 8.12. The third-order valence-electron chi connectivity index (χ3n) is 4.70. The zero-order valence-electron chi connectivity index (χ0n) is 14.1. The van der Waals surface area contributed by atoms with Gasteiger partial charge in [-0.2, -0.15) is 0 Å². The number of nitrogens with one attached hydrogen (secondary N) is 1. The minimum Gasteiger partial charge on any atom is -0.396 e. The predicted molar refractivity (Wildman–Crippen MR) is 97.2 cm³/mol. The van der Waals surface area contributed by atoms with Crippen molar-refractivity contribution >= 4 is 17.3 Å². The fourth-order valence-corrected chi connectivity index (χ4v) is 3.22. The molecule has 1 fully saturated rings. The second-order valence-electron chi connectivity index (χ2n) is 6.45. The lowest BCUT2D eigenvalue weighted by atomic mass is 9.97. The molecule has 0 aliphatic carbocycles. The molecule has 1 heterocycles. The molecule has 2 aromatic rings. The van der Waals surface area contributed by atoms with Crippen LogP contribution in [0.3, 0.4) is 0 Å². The van der Waals surface area contributed by atoms with Gasteiger partial charge in [0, 0.05) is 19.7 Å². The minimum atomic E-state index is -0.364. The third-order valence-corrected chi connectivity index (χ3v) is 4.70. The summed E-state index contributed by atoms with van der Waals surface area (Å²) in [4.78, 5) is 14.6.